The van der Waals surface area contributed by atoms with Crippen LogP contribution in [0.15, 0.2) is 42.0 Å². The number of hydrogen-bond acceptors (Lipinski definition) is 5. The number of aliphatic hydroxyl groups excluding tert-OH is 1. The standard InChI is InChI=1S/C25H36N4O5/c1-17(2)22(28(4)23(32)14-26-16-31)13-18(3)25(34)29-12-8-11-21(29)24(33)27-20(15-30)19-9-6-5-7-10-19/h5-7,9-10,13,16-17,20-22,30H,8,11-12,14-15H2,1-4H3,(H,26,31)(H,27,33)/b18-13+/t20-,21-,22+/m0/s1. The van der Waals surface area contributed by atoms with Crippen molar-refractivity contribution >= 4 is 24.1 Å². The molecule has 3 N–H and O–H groups in total. The third-order valence-electron chi connectivity index (χ3n) is 6.14. The average Bonchev–Trinajstić information content (AvgIpc) is 3.33. The minimum Gasteiger partial charge on any atom is -0.394 e. The predicted molar refractivity (Wildman–Crippen MR) is 128 cm³/mol. The number of nitrogens with zero attached hydrogens (tertiary/aromatic N) is 2. The molecule has 1 aliphatic heterocycles. The molecule has 2 rings (SSSR count). The Balaban J connectivity index is 2.14. The van der Waals surface area contributed by atoms with Gasteiger partial charge in [0.1, 0.15) is 6.04 Å². The first-order valence-electron chi connectivity index (χ1n) is 11.6. The average molecular weight is 473 g/mol. The molecule has 0 saturated carbocycles. The molecule has 0 radical (unpaired) electrons. The van der Waals surface area contributed by atoms with Gasteiger partial charge in [0.05, 0.1) is 25.2 Å². The molecular weight excluding hydrogens is 436 g/mol. The lowest BCUT2D eigenvalue weighted by atomic mass is 9.99. The summed E-state index contributed by atoms with van der Waals surface area (Å²) in [5.74, 6) is -0.789. The number of likely N-dealkylation sites (tertiary alicyclic amines) is 1. The Morgan fingerprint density at radius 1 is 1.24 bits per heavy atom. The number of nitrogens with one attached hydrogen (secondary N) is 2. The van der Waals surface area contributed by atoms with Gasteiger partial charge in [-0.2, -0.15) is 0 Å². The summed E-state index contributed by atoms with van der Waals surface area (Å²) in [5.41, 5.74) is 1.24. The zero-order valence-electron chi connectivity index (χ0n) is 20.4. The third-order valence-corrected chi connectivity index (χ3v) is 6.14. The van der Waals surface area contributed by atoms with Crippen LogP contribution in [0.4, 0.5) is 0 Å². The van der Waals surface area contributed by atoms with Gasteiger partial charge in [-0.15, -0.1) is 0 Å². The molecule has 0 spiro atoms. The number of hydrogen-bond donors (Lipinski definition) is 3. The molecule has 1 saturated heterocycles. The Morgan fingerprint density at radius 3 is 2.50 bits per heavy atom. The minimum absolute atomic E-state index is 0.0294. The first-order chi connectivity index (χ1) is 16.2. The summed E-state index contributed by atoms with van der Waals surface area (Å²) in [5, 5.41) is 15.0. The second kappa shape index (κ2) is 12.9. The topological polar surface area (TPSA) is 119 Å². The fourth-order valence-corrected chi connectivity index (χ4v) is 4.20. The SMILES string of the molecule is C/C(=C\[C@H](C(C)C)N(C)C(=O)CNC=O)C(=O)N1CCC[C@H]1C(=O)N[C@@H](CO)c1ccccc1. The maximum Gasteiger partial charge on any atom is 0.249 e. The van der Waals surface area contributed by atoms with Crippen LogP contribution >= 0.6 is 0 Å². The van der Waals surface area contributed by atoms with Crippen LogP contribution in [0, 0.1) is 5.92 Å². The van der Waals surface area contributed by atoms with Crippen LogP contribution in [0.5, 0.6) is 0 Å². The quantitative estimate of drug-likeness (QED) is 0.328. The van der Waals surface area contributed by atoms with Crippen LogP contribution in [-0.4, -0.2) is 77.9 Å². The van der Waals surface area contributed by atoms with E-state index in [4.69, 9.17) is 0 Å². The van der Waals surface area contributed by atoms with Gasteiger partial charge < -0.3 is 25.5 Å². The van der Waals surface area contributed by atoms with E-state index in [2.05, 4.69) is 10.6 Å². The lowest BCUT2D eigenvalue weighted by Crippen LogP contribution is -2.48. The highest BCUT2D eigenvalue weighted by Crippen LogP contribution is 2.23. The Morgan fingerprint density at radius 2 is 1.91 bits per heavy atom. The number of likely N-dealkylation sites (N-methyl/N-ethyl adjacent to an activating group) is 1. The van der Waals surface area contributed by atoms with Gasteiger partial charge in [0, 0.05) is 19.2 Å². The van der Waals surface area contributed by atoms with Crippen molar-refractivity contribution in [3.8, 4) is 0 Å². The highest BCUT2D eigenvalue weighted by atomic mass is 16.3. The van der Waals surface area contributed by atoms with Gasteiger partial charge in [-0.25, -0.2) is 0 Å². The van der Waals surface area contributed by atoms with Crippen LogP contribution in [0.1, 0.15) is 45.2 Å². The second-order valence-corrected chi connectivity index (χ2v) is 8.90. The summed E-state index contributed by atoms with van der Waals surface area (Å²) in [6.45, 7) is 5.67. The van der Waals surface area contributed by atoms with Gasteiger partial charge >= 0.3 is 0 Å². The van der Waals surface area contributed by atoms with E-state index in [1.807, 2.05) is 44.2 Å². The Kier molecular flexibility index (Phi) is 10.2. The van der Waals surface area contributed by atoms with Gasteiger partial charge in [-0.05, 0) is 31.2 Å². The van der Waals surface area contributed by atoms with Crippen LogP contribution in [-0.2, 0) is 19.2 Å². The van der Waals surface area contributed by atoms with Crippen LogP contribution in [0.3, 0.4) is 0 Å². The number of amides is 4. The van der Waals surface area contributed by atoms with E-state index in [1.54, 1.807) is 24.9 Å². The summed E-state index contributed by atoms with van der Waals surface area (Å²) < 4.78 is 0. The number of benzene rings is 1. The van der Waals surface area contributed by atoms with E-state index in [1.165, 1.54) is 4.90 Å². The molecule has 0 bridgehead atoms. The van der Waals surface area contributed by atoms with Gasteiger partial charge in [0.25, 0.3) is 0 Å². The highest BCUT2D eigenvalue weighted by Gasteiger charge is 2.36. The lowest BCUT2D eigenvalue weighted by molar-refractivity contribution is -0.136. The molecule has 1 heterocycles. The summed E-state index contributed by atoms with van der Waals surface area (Å²) in [7, 11) is 1.64. The Labute approximate surface area is 201 Å². The van der Waals surface area contributed by atoms with E-state index in [0.717, 1.165) is 5.56 Å². The molecule has 3 atom stereocenters. The molecular formula is C25H36N4O5. The van der Waals surface area contributed by atoms with Crippen molar-refractivity contribution in [3.05, 3.63) is 47.5 Å². The van der Waals surface area contributed by atoms with Crippen molar-refractivity contribution in [2.24, 2.45) is 5.92 Å². The first kappa shape index (κ1) is 27.0. The summed E-state index contributed by atoms with van der Waals surface area (Å²) in [6, 6.07) is 7.68. The summed E-state index contributed by atoms with van der Waals surface area (Å²) in [6.07, 6.45) is 3.47. The van der Waals surface area contributed by atoms with E-state index >= 15 is 0 Å². The van der Waals surface area contributed by atoms with Gasteiger partial charge in [-0.3, -0.25) is 19.2 Å². The fourth-order valence-electron chi connectivity index (χ4n) is 4.20. The smallest absolute Gasteiger partial charge is 0.249 e. The number of carbonyl (C=O) groups excluding carboxylic acids is 4. The lowest BCUT2D eigenvalue weighted by Gasteiger charge is -2.30. The Hall–Kier alpha value is -3.20. The summed E-state index contributed by atoms with van der Waals surface area (Å²) >= 11 is 0. The summed E-state index contributed by atoms with van der Waals surface area (Å²) in [4.78, 5) is 52.2. The molecule has 1 fully saturated rings. The van der Waals surface area contributed by atoms with Crippen LogP contribution in [0.25, 0.3) is 0 Å². The van der Waals surface area contributed by atoms with Crippen LogP contribution < -0.4 is 10.6 Å². The molecule has 4 amide bonds. The third kappa shape index (κ3) is 6.90. The molecule has 186 valence electrons. The largest absolute Gasteiger partial charge is 0.394 e. The van der Waals surface area contributed by atoms with E-state index in [9.17, 15) is 24.3 Å². The highest BCUT2D eigenvalue weighted by molar-refractivity contribution is 5.97. The number of rotatable bonds is 11. The molecule has 0 aromatic heterocycles. The maximum absolute atomic E-state index is 13.3. The van der Waals surface area contributed by atoms with Gasteiger partial charge in [0.15, 0.2) is 0 Å². The number of carbonyl (C=O) groups is 4. The second-order valence-electron chi connectivity index (χ2n) is 8.90. The van der Waals surface area contributed by atoms with E-state index < -0.39 is 12.1 Å². The normalized spacial score (nSPS) is 17.8. The van der Waals surface area contributed by atoms with Crippen molar-refractivity contribution < 1.29 is 24.3 Å². The van der Waals surface area contributed by atoms with Crippen molar-refractivity contribution in [3.63, 3.8) is 0 Å². The van der Waals surface area contributed by atoms with E-state index in [-0.39, 0.29) is 42.8 Å². The molecule has 9 heteroatoms. The molecule has 9 nitrogen and oxygen atoms in total. The monoisotopic (exact) mass is 472 g/mol. The Bertz CT molecular complexity index is 887. The van der Waals surface area contributed by atoms with Crippen molar-refractivity contribution in [1.29, 1.82) is 0 Å². The van der Waals surface area contributed by atoms with Crippen molar-refractivity contribution in [1.82, 2.24) is 20.4 Å². The molecule has 1 aliphatic rings. The minimum atomic E-state index is -0.623. The van der Waals surface area contributed by atoms with Crippen LogP contribution in [0.2, 0.25) is 0 Å². The first-order valence-corrected chi connectivity index (χ1v) is 11.6. The van der Waals surface area contributed by atoms with Gasteiger partial charge in [0.2, 0.25) is 24.1 Å². The number of aliphatic hydroxyl groups is 1. The fraction of sp³-hybridized carbons (Fsp3) is 0.520. The molecule has 0 aliphatic carbocycles. The van der Waals surface area contributed by atoms with E-state index in [0.29, 0.717) is 31.4 Å². The van der Waals surface area contributed by atoms with Gasteiger partial charge in [-0.1, -0.05) is 50.3 Å². The molecule has 1 aromatic carbocycles. The van der Waals surface area contributed by atoms with Crippen molar-refractivity contribution in [2.45, 2.75) is 51.7 Å². The maximum atomic E-state index is 13.3. The van der Waals surface area contributed by atoms with Crippen molar-refractivity contribution in [2.75, 3.05) is 26.7 Å². The molecule has 1 aromatic rings. The molecule has 34 heavy (non-hydrogen) atoms. The predicted octanol–water partition coefficient (Wildman–Crippen LogP) is 1.00. The zero-order chi connectivity index (χ0) is 25.3. The zero-order valence-corrected chi connectivity index (χ0v) is 20.4. The molecule has 0 unspecified atom stereocenters.